The van der Waals surface area contributed by atoms with E-state index < -0.39 is 0 Å². The summed E-state index contributed by atoms with van der Waals surface area (Å²) in [5.41, 5.74) is 2.32. The molecule has 2 aromatic carbocycles. The van der Waals surface area contributed by atoms with Crippen LogP contribution >= 0.6 is 0 Å². The van der Waals surface area contributed by atoms with Crippen molar-refractivity contribution in [2.45, 2.75) is 83.4 Å². The van der Waals surface area contributed by atoms with Crippen LogP contribution in [0.25, 0.3) is 0 Å². The second kappa shape index (κ2) is 9.49. The summed E-state index contributed by atoms with van der Waals surface area (Å²) in [6.07, 6.45) is 7.88. The number of ether oxygens (including phenoxy) is 1. The Morgan fingerprint density at radius 2 is 1.51 bits per heavy atom. The third-order valence-corrected chi connectivity index (χ3v) is 10.8. The van der Waals surface area contributed by atoms with E-state index >= 15 is 0 Å². The number of benzene rings is 2. The smallest absolute Gasteiger partial charge is 0.408 e. The van der Waals surface area contributed by atoms with E-state index in [2.05, 4.69) is 48.7 Å². The molecule has 0 bridgehead atoms. The Bertz CT molecular complexity index is 1100. The fourth-order valence-corrected chi connectivity index (χ4v) is 8.78. The molecule has 0 radical (unpaired) electrons. The van der Waals surface area contributed by atoms with Crippen LogP contribution in [-0.4, -0.2) is 24.1 Å². The summed E-state index contributed by atoms with van der Waals surface area (Å²) in [4.78, 5) is 25.4. The topological polar surface area (TPSA) is 67.4 Å². The largest absolute Gasteiger partial charge is 0.446 e. The Labute approximate surface area is 220 Å². The number of amides is 2. The fraction of sp³-hybridized carbons (Fsp3) is 0.562. The number of nitrogens with one attached hydrogen (secondary N) is 2. The average Bonchev–Trinajstić information content (AvgIpc) is 3.24. The molecule has 0 aromatic heterocycles. The van der Waals surface area contributed by atoms with Crippen LogP contribution in [0.4, 0.5) is 4.79 Å². The van der Waals surface area contributed by atoms with Gasteiger partial charge in [0.15, 0.2) is 0 Å². The van der Waals surface area contributed by atoms with Crippen LogP contribution in [0.15, 0.2) is 60.7 Å². The lowest BCUT2D eigenvalue weighted by Gasteiger charge is -2.60. The minimum Gasteiger partial charge on any atom is -0.446 e. The molecule has 1 heterocycles. The first-order valence-electron chi connectivity index (χ1n) is 14.2. The van der Waals surface area contributed by atoms with Gasteiger partial charge in [-0.25, -0.2) is 4.79 Å². The Morgan fingerprint density at radius 1 is 0.865 bits per heavy atom. The summed E-state index contributed by atoms with van der Waals surface area (Å²) in [5.74, 6) is 2.12. The predicted molar refractivity (Wildman–Crippen MR) is 144 cm³/mol. The molecule has 5 nitrogen and oxygen atoms in total. The number of piperidine rings is 1. The molecule has 7 atom stereocenters. The van der Waals surface area contributed by atoms with Crippen molar-refractivity contribution in [3.8, 4) is 0 Å². The molecule has 4 aliphatic rings. The van der Waals surface area contributed by atoms with Gasteiger partial charge in [-0.2, -0.15) is 0 Å². The second-order valence-electron chi connectivity index (χ2n) is 12.5. The molecule has 5 heteroatoms. The van der Waals surface area contributed by atoms with Gasteiger partial charge in [-0.3, -0.25) is 4.79 Å². The van der Waals surface area contributed by atoms with Gasteiger partial charge in [-0.15, -0.1) is 0 Å². The molecule has 3 aliphatic carbocycles. The molecule has 2 aromatic rings. The van der Waals surface area contributed by atoms with Gasteiger partial charge < -0.3 is 15.4 Å². The van der Waals surface area contributed by atoms with E-state index in [1.807, 2.05) is 36.4 Å². The molecule has 3 saturated carbocycles. The molecule has 196 valence electrons. The Kier molecular flexibility index (Phi) is 6.29. The summed E-state index contributed by atoms with van der Waals surface area (Å²) in [7, 11) is 0. The molecule has 1 aliphatic heterocycles. The van der Waals surface area contributed by atoms with E-state index in [9.17, 15) is 9.59 Å². The summed E-state index contributed by atoms with van der Waals surface area (Å²) >= 11 is 0. The van der Waals surface area contributed by atoms with Gasteiger partial charge in [0.1, 0.15) is 6.10 Å². The third kappa shape index (κ3) is 4.24. The standard InChI is InChI=1S/C32H40N2O3/c1-31-20-18-28(35)33-26(31)15-13-23-24-14-16-27(32(24,2)19-17-25(23)31)37-30(36)34-29(21-9-5-3-6-10-21)22-11-7-4-8-12-22/h3-12,23-27,29H,13-20H2,1-2H3,(H,33,35)(H,34,36)/t23-,24-,25-,26+,27-,31+,32-/m0/s1. The number of rotatable bonds is 4. The molecule has 2 amide bonds. The van der Waals surface area contributed by atoms with Crippen molar-refractivity contribution in [2.75, 3.05) is 0 Å². The highest BCUT2D eigenvalue weighted by Crippen LogP contribution is 2.64. The zero-order valence-electron chi connectivity index (χ0n) is 22.1. The minimum atomic E-state index is -0.322. The van der Waals surface area contributed by atoms with Gasteiger partial charge in [0.05, 0.1) is 6.04 Å². The predicted octanol–water partition coefficient (Wildman–Crippen LogP) is 6.39. The van der Waals surface area contributed by atoms with E-state index in [0.29, 0.717) is 30.2 Å². The highest BCUT2D eigenvalue weighted by molar-refractivity contribution is 5.77. The van der Waals surface area contributed by atoms with E-state index in [1.165, 1.54) is 12.8 Å². The molecular weight excluding hydrogens is 460 g/mol. The molecular formula is C32H40N2O3. The van der Waals surface area contributed by atoms with Crippen molar-refractivity contribution in [3.05, 3.63) is 71.8 Å². The first-order chi connectivity index (χ1) is 17.9. The van der Waals surface area contributed by atoms with Crippen LogP contribution in [0, 0.1) is 28.6 Å². The Hall–Kier alpha value is -2.82. The molecule has 0 unspecified atom stereocenters. The lowest BCUT2D eigenvalue weighted by atomic mass is 9.47. The van der Waals surface area contributed by atoms with Crippen LogP contribution in [0.2, 0.25) is 0 Å². The van der Waals surface area contributed by atoms with Gasteiger partial charge in [0.25, 0.3) is 0 Å². The van der Waals surface area contributed by atoms with Crippen LogP contribution in [-0.2, 0) is 9.53 Å². The molecule has 37 heavy (non-hydrogen) atoms. The minimum absolute atomic E-state index is 0.0224. The summed E-state index contributed by atoms with van der Waals surface area (Å²) in [5, 5.41) is 6.52. The quantitative estimate of drug-likeness (QED) is 0.511. The van der Waals surface area contributed by atoms with Crippen LogP contribution < -0.4 is 10.6 Å². The first kappa shape index (κ1) is 24.5. The van der Waals surface area contributed by atoms with Crippen molar-refractivity contribution < 1.29 is 14.3 Å². The Morgan fingerprint density at radius 3 is 2.19 bits per heavy atom. The zero-order valence-corrected chi connectivity index (χ0v) is 22.1. The summed E-state index contributed by atoms with van der Waals surface area (Å²) in [6, 6.07) is 20.3. The van der Waals surface area contributed by atoms with Crippen LogP contribution in [0.5, 0.6) is 0 Å². The molecule has 0 spiro atoms. The fourth-order valence-electron chi connectivity index (χ4n) is 8.78. The number of fused-ring (bicyclic) bond motifs is 5. The molecule has 6 rings (SSSR count). The first-order valence-corrected chi connectivity index (χ1v) is 14.2. The van der Waals surface area contributed by atoms with E-state index in [1.54, 1.807) is 0 Å². The maximum absolute atomic E-state index is 13.4. The van der Waals surface area contributed by atoms with Crippen molar-refractivity contribution in [1.82, 2.24) is 10.6 Å². The average molecular weight is 501 g/mol. The van der Waals surface area contributed by atoms with E-state index in [0.717, 1.165) is 43.2 Å². The highest BCUT2D eigenvalue weighted by atomic mass is 16.6. The Balaban J connectivity index is 1.17. The van der Waals surface area contributed by atoms with E-state index in [-0.39, 0.29) is 35.0 Å². The SMILES string of the molecule is C[C@]12CCC(=O)N[C@@H]1CC[C@@H]1[C@@H]2CC[C@]2(C)[C@@H](OC(=O)NC(c3ccccc3)c3ccccc3)CC[C@@H]12. The second-order valence-corrected chi connectivity index (χ2v) is 12.5. The number of carbonyl (C=O) groups is 2. The maximum Gasteiger partial charge on any atom is 0.408 e. The van der Waals surface area contributed by atoms with Gasteiger partial charge in [0.2, 0.25) is 5.91 Å². The third-order valence-electron chi connectivity index (χ3n) is 10.8. The lowest BCUT2D eigenvalue weighted by molar-refractivity contribution is -0.138. The van der Waals surface area contributed by atoms with Crippen molar-refractivity contribution in [3.63, 3.8) is 0 Å². The highest BCUT2D eigenvalue weighted by Gasteiger charge is 2.61. The van der Waals surface area contributed by atoms with Crippen LogP contribution in [0.3, 0.4) is 0 Å². The number of hydrogen-bond acceptors (Lipinski definition) is 3. The lowest BCUT2D eigenvalue weighted by Crippen LogP contribution is -2.61. The molecule has 2 N–H and O–H groups in total. The van der Waals surface area contributed by atoms with Gasteiger partial charge in [-0.05, 0) is 79.2 Å². The normalized spacial score (nSPS) is 36.6. The molecule has 4 fully saturated rings. The number of hydrogen-bond donors (Lipinski definition) is 2. The van der Waals surface area contributed by atoms with Crippen molar-refractivity contribution in [1.29, 1.82) is 0 Å². The van der Waals surface area contributed by atoms with Gasteiger partial charge in [-0.1, -0.05) is 74.5 Å². The number of alkyl carbamates (subject to hydrolysis) is 1. The van der Waals surface area contributed by atoms with Crippen molar-refractivity contribution >= 4 is 12.0 Å². The zero-order chi connectivity index (χ0) is 25.6. The maximum atomic E-state index is 13.4. The van der Waals surface area contributed by atoms with Gasteiger partial charge >= 0.3 is 6.09 Å². The summed E-state index contributed by atoms with van der Waals surface area (Å²) in [6.45, 7) is 4.81. The number of carbonyl (C=O) groups excluding carboxylic acids is 2. The van der Waals surface area contributed by atoms with Crippen LogP contribution in [0.1, 0.15) is 82.4 Å². The van der Waals surface area contributed by atoms with Crippen molar-refractivity contribution in [2.24, 2.45) is 28.6 Å². The van der Waals surface area contributed by atoms with Gasteiger partial charge in [0, 0.05) is 17.9 Å². The van der Waals surface area contributed by atoms with E-state index in [4.69, 9.17) is 4.74 Å². The molecule has 1 saturated heterocycles. The summed E-state index contributed by atoms with van der Waals surface area (Å²) < 4.78 is 6.28. The monoisotopic (exact) mass is 500 g/mol.